The molecule has 0 unspecified atom stereocenters. The van der Waals surface area contributed by atoms with Gasteiger partial charge in [-0.15, -0.1) is 0 Å². The number of carbonyl (C=O) groups excluding carboxylic acids is 1. The third-order valence-electron chi connectivity index (χ3n) is 4.19. The zero-order valence-electron chi connectivity index (χ0n) is 15.4. The smallest absolute Gasteiger partial charge is 0.249 e. The number of hydrogen-bond acceptors (Lipinski definition) is 4. The number of anilines is 1. The normalized spacial score (nSPS) is 11.6. The molecule has 1 amide bonds. The maximum atomic E-state index is 12.4. The Hall–Kier alpha value is -3.08. The number of carbonyl (C=O) groups is 1. The molecule has 0 saturated carbocycles. The molecule has 5 heteroatoms. The lowest BCUT2D eigenvalue weighted by Crippen LogP contribution is -2.11. The molecule has 0 aliphatic heterocycles. The van der Waals surface area contributed by atoms with Crippen LogP contribution in [0, 0.1) is 13.8 Å². The summed E-state index contributed by atoms with van der Waals surface area (Å²) in [5.41, 5.74) is 4.41. The molecule has 0 aliphatic carbocycles. The molecule has 3 rings (SSSR count). The maximum Gasteiger partial charge on any atom is 0.249 e. The summed E-state index contributed by atoms with van der Waals surface area (Å²) in [6.45, 7) is 8.25. The van der Waals surface area contributed by atoms with Crippen molar-refractivity contribution in [2.75, 3.05) is 11.9 Å². The number of hydrogen-bond donors (Lipinski definition) is 1. The molecule has 134 valence electrons. The molecule has 1 aromatic carbocycles. The van der Waals surface area contributed by atoms with E-state index in [0.29, 0.717) is 18.2 Å². The minimum Gasteiger partial charge on any atom is -0.493 e. The molecule has 2 heterocycles. The van der Waals surface area contributed by atoms with Crippen LogP contribution in [0.2, 0.25) is 0 Å². The van der Waals surface area contributed by atoms with E-state index in [9.17, 15) is 4.79 Å². The molecule has 0 fully saturated rings. The molecule has 0 bridgehead atoms. The molecule has 1 N–H and O–H groups in total. The minimum absolute atomic E-state index is 0.226. The van der Waals surface area contributed by atoms with Gasteiger partial charge in [0, 0.05) is 29.3 Å². The summed E-state index contributed by atoms with van der Waals surface area (Å²) in [4.78, 5) is 16.6. The fourth-order valence-electron chi connectivity index (χ4n) is 2.81. The monoisotopic (exact) mass is 350 g/mol. The van der Waals surface area contributed by atoms with Gasteiger partial charge in [-0.05, 0) is 56.5 Å². The van der Waals surface area contributed by atoms with Crippen molar-refractivity contribution in [2.45, 2.75) is 27.7 Å². The van der Waals surface area contributed by atoms with Gasteiger partial charge < -0.3 is 14.5 Å². The highest BCUT2D eigenvalue weighted by molar-refractivity contribution is 6.04. The Balaban J connectivity index is 1.94. The first-order valence-corrected chi connectivity index (χ1v) is 8.55. The molecule has 0 radical (unpaired) electrons. The van der Waals surface area contributed by atoms with Crippen LogP contribution < -0.4 is 10.1 Å². The average Bonchev–Trinajstić information content (AvgIpc) is 2.97. The predicted molar refractivity (Wildman–Crippen MR) is 103 cm³/mol. The Kier molecular flexibility index (Phi) is 5.07. The highest BCUT2D eigenvalue weighted by atomic mass is 16.5. The topological polar surface area (TPSA) is 64.4 Å². The van der Waals surface area contributed by atoms with Crippen molar-refractivity contribution in [1.82, 2.24) is 4.98 Å². The van der Waals surface area contributed by atoms with Crippen LogP contribution in [0.5, 0.6) is 5.75 Å². The van der Waals surface area contributed by atoms with Gasteiger partial charge in [0.25, 0.3) is 0 Å². The molecule has 3 aromatic rings. The summed E-state index contributed by atoms with van der Waals surface area (Å²) in [5.74, 6) is 1.04. The second-order valence-corrected chi connectivity index (χ2v) is 6.18. The highest BCUT2D eigenvalue weighted by Gasteiger charge is 2.13. The van der Waals surface area contributed by atoms with Gasteiger partial charge in [0.2, 0.25) is 5.91 Å². The molecular formula is C21H22N2O3. The van der Waals surface area contributed by atoms with Crippen LogP contribution in [0.1, 0.15) is 30.5 Å². The van der Waals surface area contributed by atoms with E-state index in [2.05, 4.69) is 10.3 Å². The van der Waals surface area contributed by atoms with E-state index in [1.807, 2.05) is 52.0 Å². The van der Waals surface area contributed by atoms with Crippen molar-refractivity contribution in [3.05, 3.63) is 59.5 Å². The van der Waals surface area contributed by atoms with Crippen molar-refractivity contribution in [3.63, 3.8) is 0 Å². The Morgan fingerprint density at radius 3 is 2.85 bits per heavy atom. The number of furan rings is 1. The van der Waals surface area contributed by atoms with E-state index < -0.39 is 0 Å². The highest BCUT2D eigenvalue weighted by Crippen LogP contribution is 2.33. The van der Waals surface area contributed by atoms with Gasteiger partial charge in [-0.3, -0.25) is 4.79 Å². The summed E-state index contributed by atoms with van der Waals surface area (Å²) < 4.78 is 11.3. The lowest BCUT2D eigenvalue weighted by Gasteiger charge is -2.11. The van der Waals surface area contributed by atoms with Gasteiger partial charge in [-0.2, -0.15) is 0 Å². The predicted octanol–water partition coefficient (Wildman–Crippen LogP) is 4.89. The molecule has 0 spiro atoms. The number of rotatable bonds is 5. The number of nitrogens with one attached hydrogen (secondary N) is 1. The lowest BCUT2D eigenvalue weighted by atomic mass is 10.0. The SMILES string of the molecule is CCOc1cc2occ(C)c2cc1/C(C)=C/C(=O)Nc1ncccc1C. The van der Waals surface area contributed by atoms with Crippen LogP contribution in [-0.4, -0.2) is 17.5 Å². The molecule has 26 heavy (non-hydrogen) atoms. The van der Waals surface area contributed by atoms with Crippen molar-refractivity contribution in [3.8, 4) is 5.75 Å². The van der Waals surface area contributed by atoms with E-state index in [-0.39, 0.29) is 5.91 Å². The minimum atomic E-state index is -0.226. The summed E-state index contributed by atoms with van der Waals surface area (Å²) in [6.07, 6.45) is 4.94. The fourth-order valence-corrected chi connectivity index (χ4v) is 2.81. The first-order valence-electron chi connectivity index (χ1n) is 8.55. The van der Waals surface area contributed by atoms with Crippen LogP contribution in [0.3, 0.4) is 0 Å². The van der Waals surface area contributed by atoms with E-state index in [4.69, 9.17) is 9.15 Å². The molecule has 0 aliphatic rings. The summed E-state index contributed by atoms with van der Waals surface area (Å²) in [5, 5.41) is 3.83. The van der Waals surface area contributed by atoms with E-state index in [1.54, 1.807) is 18.5 Å². The van der Waals surface area contributed by atoms with Gasteiger partial charge in [0.1, 0.15) is 17.2 Å². The number of ether oxygens (including phenoxy) is 1. The number of nitrogens with zero attached hydrogens (tertiary/aromatic N) is 1. The van der Waals surface area contributed by atoms with E-state index in [1.165, 1.54) is 0 Å². The molecule has 0 saturated heterocycles. The van der Waals surface area contributed by atoms with Crippen LogP contribution in [0.4, 0.5) is 5.82 Å². The standard InChI is InChI=1S/C21H22N2O3/c1-5-25-18-11-19-17(15(4)12-26-19)10-16(18)14(3)9-20(24)23-21-13(2)7-6-8-22-21/h6-12H,5H2,1-4H3,(H,22,23,24)/b14-9+. The average molecular weight is 350 g/mol. The Morgan fingerprint density at radius 1 is 1.31 bits per heavy atom. The van der Waals surface area contributed by atoms with E-state index in [0.717, 1.165) is 33.2 Å². The van der Waals surface area contributed by atoms with E-state index >= 15 is 0 Å². The Bertz CT molecular complexity index is 986. The first-order chi connectivity index (χ1) is 12.5. The third-order valence-corrected chi connectivity index (χ3v) is 4.19. The quantitative estimate of drug-likeness (QED) is 0.666. The largest absolute Gasteiger partial charge is 0.493 e. The first kappa shape index (κ1) is 17.7. The van der Waals surface area contributed by atoms with Crippen LogP contribution in [0.25, 0.3) is 16.5 Å². The van der Waals surface area contributed by atoms with Crippen molar-refractivity contribution in [1.29, 1.82) is 0 Å². The lowest BCUT2D eigenvalue weighted by molar-refractivity contribution is -0.111. The zero-order valence-corrected chi connectivity index (χ0v) is 15.4. The maximum absolute atomic E-state index is 12.4. The molecule has 5 nitrogen and oxygen atoms in total. The second kappa shape index (κ2) is 7.44. The van der Waals surface area contributed by atoms with Gasteiger partial charge in [-0.25, -0.2) is 4.98 Å². The number of fused-ring (bicyclic) bond motifs is 1. The summed E-state index contributed by atoms with van der Waals surface area (Å²) in [6, 6.07) is 7.62. The van der Waals surface area contributed by atoms with Crippen LogP contribution in [-0.2, 0) is 4.79 Å². The number of pyridine rings is 1. The molecular weight excluding hydrogens is 328 g/mol. The van der Waals surface area contributed by atoms with Gasteiger partial charge in [0.15, 0.2) is 0 Å². The zero-order chi connectivity index (χ0) is 18.7. The van der Waals surface area contributed by atoms with Crippen molar-refractivity contribution >= 4 is 28.3 Å². The number of allylic oxidation sites excluding steroid dienone is 1. The molecule has 0 atom stereocenters. The Labute approximate surface area is 152 Å². The summed E-state index contributed by atoms with van der Waals surface area (Å²) >= 11 is 0. The van der Waals surface area contributed by atoms with Crippen molar-refractivity contribution in [2.24, 2.45) is 0 Å². The van der Waals surface area contributed by atoms with Crippen molar-refractivity contribution < 1.29 is 13.9 Å². The van der Waals surface area contributed by atoms with Gasteiger partial charge >= 0.3 is 0 Å². The fraction of sp³-hybridized carbons (Fsp3) is 0.238. The number of aromatic nitrogens is 1. The van der Waals surface area contributed by atoms with Crippen LogP contribution in [0.15, 0.2) is 47.2 Å². The number of benzene rings is 1. The van der Waals surface area contributed by atoms with Crippen LogP contribution >= 0.6 is 0 Å². The third kappa shape index (κ3) is 3.61. The second-order valence-electron chi connectivity index (χ2n) is 6.18. The molecule has 2 aromatic heterocycles. The van der Waals surface area contributed by atoms with Gasteiger partial charge in [0.05, 0.1) is 12.9 Å². The number of aryl methyl sites for hydroxylation is 2. The number of amides is 1. The Morgan fingerprint density at radius 2 is 2.12 bits per heavy atom. The summed E-state index contributed by atoms with van der Waals surface area (Å²) in [7, 11) is 0. The van der Waals surface area contributed by atoms with Gasteiger partial charge in [-0.1, -0.05) is 6.07 Å².